The third kappa shape index (κ3) is 6.05. The zero-order valence-corrected chi connectivity index (χ0v) is 17.7. The van der Waals surface area contributed by atoms with E-state index < -0.39 is 0 Å². The molecule has 4 nitrogen and oxygen atoms in total. The van der Waals surface area contributed by atoms with E-state index in [0.717, 1.165) is 22.4 Å². The predicted molar refractivity (Wildman–Crippen MR) is 121 cm³/mol. The highest BCUT2D eigenvalue weighted by Crippen LogP contribution is 2.30. The quantitative estimate of drug-likeness (QED) is 0.432. The van der Waals surface area contributed by atoms with Gasteiger partial charge in [-0.25, -0.2) is 0 Å². The van der Waals surface area contributed by atoms with E-state index in [2.05, 4.69) is 36.4 Å². The first-order chi connectivity index (χ1) is 15.3. The second-order valence-corrected chi connectivity index (χ2v) is 7.52. The smallest absolute Gasteiger partial charge is 0.119 e. The minimum Gasteiger partial charge on any atom is -0.497 e. The summed E-state index contributed by atoms with van der Waals surface area (Å²) in [5, 5.41) is 0. The van der Waals surface area contributed by atoms with Gasteiger partial charge < -0.3 is 18.9 Å². The number of hydrogen-bond donors (Lipinski definition) is 0. The third-order valence-electron chi connectivity index (χ3n) is 5.26. The number of hydrogen-bond acceptors (Lipinski definition) is 4. The molecule has 3 atom stereocenters. The zero-order chi connectivity index (χ0) is 21.3. The molecule has 0 aromatic heterocycles. The number of benzene rings is 3. The van der Waals surface area contributed by atoms with Gasteiger partial charge in [-0.1, -0.05) is 84.9 Å². The Kier molecular flexibility index (Phi) is 7.51. The van der Waals surface area contributed by atoms with Crippen LogP contribution in [0.5, 0.6) is 5.75 Å². The maximum atomic E-state index is 6.42. The van der Waals surface area contributed by atoms with E-state index in [0.29, 0.717) is 19.8 Å². The molecule has 4 heteroatoms. The molecule has 0 saturated carbocycles. The lowest BCUT2D eigenvalue weighted by Gasteiger charge is -2.32. The van der Waals surface area contributed by atoms with Crippen molar-refractivity contribution in [2.45, 2.75) is 31.5 Å². The van der Waals surface area contributed by atoms with Gasteiger partial charge >= 0.3 is 0 Å². The minimum atomic E-state index is -0.214. The molecule has 31 heavy (non-hydrogen) atoms. The Morgan fingerprint density at radius 3 is 2.19 bits per heavy atom. The number of rotatable bonds is 9. The zero-order valence-electron chi connectivity index (χ0n) is 17.7. The molecule has 0 radical (unpaired) electrons. The summed E-state index contributed by atoms with van der Waals surface area (Å²) >= 11 is 0. The highest BCUT2D eigenvalue weighted by Gasteiger charge is 2.29. The van der Waals surface area contributed by atoms with Crippen molar-refractivity contribution in [3.05, 3.63) is 114 Å². The van der Waals surface area contributed by atoms with Crippen LogP contribution in [0.3, 0.4) is 0 Å². The van der Waals surface area contributed by atoms with Gasteiger partial charge in [0.05, 0.1) is 26.9 Å². The van der Waals surface area contributed by atoms with Crippen molar-refractivity contribution in [3.63, 3.8) is 0 Å². The van der Waals surface area contributed by atoms with Crippen LogP contribution in [0.15, 0.2) is 97.1 Å². The monoisotopic (exact) mass is 416 g/mol. The molecule has 0 aliphatic carbocycles. The van der Waals surface area contributed by atoms with Gasteiger partial charge in [0.2, 0.25) is 0 Å². The van der Waals surface area contributed by atoms with E-state index >= 15 is 0 Å². The molecule has 3 aromatic rings. The number of ether oxygens (including phenoxy) is 4. The normalized spacial score (nSPS) is 20.5. The van der Waals surface area contributed by atoms with E-state index in [9.17, 15) is 0 Å². The van der Waals surface area contributed by atoms with Crippen molar-refractivity contribution in [1.29, 1.82) is 0 Å². The molecule has 160 valence electrons. The molecular formula is C27H28O4. The maximum absolute atomic E-state index is 6.42. The Balaban J connectivity index is 1.44. The van der Waals surface area contributed by atoms with Crippen molar-refractivity contribution in [3.8, 4) is 5.75 Å². The number of methoxy groups -OCH3 is 1. The first-order valence-corrected chi connectivity index (χ1v) is 10.6. The molecule has 0 fully saturated rings. The molecule has 0 amide bonds. The fraction of sp³-hybridized carbons (Fsp3) is 0.259. The summed E-state index contributed by atoms with van der Waals surface area (Å²) in [7, 11) is 1.67. The second-order valence-electron chi connectivity index (χ2n) is 7.52. The Bertz CT molecular complexity index is 955. The Morgan fingerprint density at radius 1 is 0.774 bits per heavy atom. The van der Waals surface area contributed by atoms with Crippen LogP contribution < -0.4 is 4.74 Å². The van der Waals surface area contributed by atoms with Gasteiger partial charge in [-0.3, -0.25) is 0 Å². The van der Waals surface area contributed by atoms with Gasteiger partial charge in [0.15, 0.2) is 0 Å². The molecule has 0 unspecified atom stereocenters. The lowest BCUT2D eigenvalue weighted by Crippen LogP contribution is -2.38. The second kappa shape index (κ2) is 10.9. The van der Waals surface area contributed by atoms with Gasteiger partial charge in [-0.2, -0.15) is 0 Å². The first kappa shape index (κ1) is 21.3. The summed E-state index contributed by atoms with van der Waals surface area (Å²) in [4.78, 5) is 0. The molecule has 3 aromatic carbocycles. The van der Waals surface area contributed by atoms with Crippen LogP contribution in [0.25, 0.3) is 0 Å². The van der Waals surface area contributed by atoms with E-state index in [1.165, 1.54) is 0 Å². The summed E-state index contributed by atoms with van der Waals surface area (Å²) in [5.74, 6) is 0.814. The van der Waals surface area contributed by atoms with Crippen LogP contribution in [0.1, 0.15) is 22.8 Å². The Morgan fingerprint density at radius 2 is 1.48 bits per heavy atom. The molecular weight excluding hydrogens is 388 g/mol. The van der Waals surface area contributed by atoms with Crippen molar-refractivity contribution in [2.24, 2.45) is 0 Å². The average molecular weight is 417 g/mol. The van der Waals surface area contributed by atoms with Crippen LogP contribution in [-0.4, -0.2) is 25.9 Å². The van der Waals surface area contributed by atoms with Crippen LogP contribution >= 0.6 is 0 Å². The molecule has 1 aliphatic rings. The van der Waals surface area contributed by atoms with Gasteiger partial charge in [-0.15, -0.1) is 0 Å². The highest BCUT2D eigenvalue weighted by atomic mass is 16.6. The summed E-state index contributed by atoms with van der Waals surface area (Å²) < 4.78 is 24.0. The van der Waals surface area contributed by atoms with E-state index in [4.69, 9.17) is 18.9 Å². The van der Waals surface area contributed by atoms with Crippen LogP contribution in [0.4, 0.5) is 0 Å². The topological polar surface area (TPSA) is 36.9 Å². The van der Waals surface area contributed by atoms with Crippen molar-refractivity contribution in [1.82, 2.24) is 0 Å². The van der Waals surface area contributed by atoms with E-state index in [1.807, 2.05) is 60.7 Å². The first-order valence-electron chi connectivity index (χ1n) is 10.6. The van der Waals surface area contributed by atoms with Crippen molar-refractivity contribution in [2.75, 3.05) is 13.7 Å². The molecule has 1 heterocycles. The highest BCUT2D eigenvalue weighted by molar-refractivity contribution is 5.32. The Hall–Kier alpha value is -2.92. The van der Waals surface area contributed by atoms with Crippen LogP contribution in [0, 0.1) is 0 Å². The average Bonchev–Trinajstić information content (AvgIpc) is 2.84. The summed E-state index contributed by atoms with van der Waals surface area (Å²) in [6, 6.07) is 28.3. The molecule has 0 bridgehead atoms. The maximum Gasteiger partial charge on any atom is 0.119 e. The third-order valence-corrected chi connectivity index (χ3v) is 5.26. The van der Waals surface area contributed by atoms with E-state index in [-0.39, 0.29) is 18.3 Å². The lowest BCUT2D eigenvalue weighted by atomic mass is 10.0. The standard InChI is InChI=1S/C27H28O4/c1-28-24-14-8-13-23(17-24)25-15-16-26(30-19-22-11-6-3-7-12-22)27(31-25)20-29-18-21-9-4-2-5-10-21/h2-17,25-27H,18-20H2,1H3/t25-,26-,27+/m0/s1. The van der Waals surface area contributed by atoms with Gasteiger partial charge in [0, 0.05) is 0 Å². The fourth-order valence-corrected chi connectivity index (χ4v) is 3.58. The van der Waals surface area contributed by atoms with Crippen LogP contribution in [-0.2, 0) is 27.4 Å². The largest absolute Gasteiger partial charge is 0.497 e. The minimum absolute atomic E-state index is 0.169. The van der Waals surface area contributed by atoms with Crippen molar-refractivity contribution >= 4 is 0 Å². The van der Waals surface area contributed by atoms with Crippen LogP contribution in [0.2, 0.25) is 0 Å². The summed E-state index contributed by atoms with van der Waals surface area (Å²) in [6.45, 7) is 1.51. The summed E-state index contributed by atoms with van der Waals surface area (Å²) in [5.41, 5.74) is 3.32. The SMILES string of the molecule is COc1cccc([C@@H]2C=C[C@H](OCc3ccccc3)[C@@H](COCc3ccccc3)O2)c1. The predicted octanol–water partition coefficient (Wildman–Crippen LogP) is 5.49. The molecule has 4 rings (SSSR count). The van der Waals surface area contributed by atoms with Gasteiger partial charge in [0.25, 0.3) is 0 Å². The molecule has 0 N–H and O–H groups in total. The molecule has 0 spiro atoms. The fourth-order valence-electron chi connectivity index (χ4n) is 3.58. The summed E-state index contributed by atoms with van der Waals surface area (Å²) in [6.07, 6.45) is 3.58. The van der Waals surface area contributed by atoms with Crippen molar-refractivity contribution < 1.29 is 18.9 Å². The Labute approximate surface area is 184 Å². The van der Waals surface area contributed by atoms with E-state index in [1.54, 1.807) is 7.11 Å². The van der Waals surface area contributed by atoms with Gasteiger partial charge in [0.1, 0.15) is 24.1 Å². The lowest BCUT2D eigenvalue weighted by molar-refractivity contribution is -0.120. The van der Waals surface area contributed by atoms with Gasteiger partial charge in [-0.05, 0) is 28.8 Å². The molecule has 0 saturated heterocycles. The molecule has 1 aliphatic heterocycles.